The molecule has 2 rings (SSSR count). The third-order valence-corrected chi connectivity index (χ3v) is 2.49. The number of nitrogens with one attached hydrogen (secondary N) is 2. The first-order valence-electron chi connectivity index (χ1n) is 5.93. The van der Waals surface area contributed by atoms with Crippen LogP contribution < -0.4 is 10.9 Å². The van der Waals surface area contributed by atoms with Crippen molar-refractivity contribution < 1.29 is 14.7 Å². The Kier molecular flexibility index (Phi) is 4.28. The second-order valence-corrected chi connectivity index (χ2v) is 4.06. The van der Waals surface area contributed by atoms with E-state index in [0.29, 0.717) is 5.56 Å². The van der Waals surface area contributed by atoms with Gasteiger partial charge in [0.25, 0.3) is 5.91 Å². The molecule has 0 atom stereocenters. The van der Waals surface area contributed by atoms with Gasteiger partial charge in [-0.05, 0) is 29.8 Å². The highest BCUT2D eigenvalue weighted by Gasteiger charge is 2.08. The standard InChI is InChI=1S/C14H13N3O3/c18-11-5-3-4-10(8-11)9-13(19)16-17-14(20)12-6-1-2-7-15-12/h1-8,18H,9H2,(H,16,19)(H,17,20). The number of hydrogen-bond donors (Lipinski definition) is 3. The Hall–Kier alpha value is -2.89. The summed E-state index contributed by atoms with van der Waals surface area (Å²) in [5.74, 6) is -0.789. The van der Waals surface area contributed by atoms with Crippen LogP contribution in [0.2, 0.25) is 0 Å². The largest absolute Gasteiger partial charge is 0.508 e. The van der Waals surface area contributed by atoms with E-state index in [0.717, 1.165) is 0 Å². The summed E-state index contributed by atoms with van der Waals surface area (Å²) in [6.45, 7) is 0. The van der Waals surface area contributed by atoms with Crippen LogP contribution in [0.15, 0.2) is 48.7 Å². The monoisotopic (exact) mass is 271 g/mol. The number of hydrazine groups is 1. The Bertz CT molecular complexity index is 614. The Balaban J connectivity index is 1.85. The summed E-state index contributed by atoms with van der Waals surface area (Å²) in [6.07, 6.45) is 1.54. The number of aromatic nitrogens is 1. The Morgan fingerprint density at radius 1 is 1.10 bits per heavy atom. The average molecular weight is 271 g/mol. The van der Waals surface area contributed by atoms with Gasteiger partial charge in [0.2, 0.25) is 5.91 Å². The smallest absolute Gasteiger partial charge is 0.288 e. The molecule has 0 radical (unpaired) electrons. The van der Waals surface area contributed by atoms with Gasteiger partial charge in [-0.2, -0.15) is 0 Å². The summed E-state index contributed by atoms with van der Waals surface area (Å²) in [5, 5.41) is 9.28. The first-order valence-corrected chi connectivity index (χ1v) is 5.93. The van der Waals surface area contributed by atoms with E-state index < -0.39 is 5.91 Å². The molecule has 0 fully saturated rings. The van der Waals surface area contributed by atoms with Crippen molar-refractivity contribution in [3.8, 4) is 5.75 Å². The van der Waals surface area contributed by atoms with Gasteiger partial charge in [-0.1, -0.05) is 18.2 Å². The van der Waals surface area contributed by atoms with Crippen LogP contribution >= 0.6 is 0 Å². The molecule has 1 aromatic heterocycles. The summed E-state index contributed by atoms with van der Waals surface area (Å²) in [6, 6.07) is 11.3. The van der Waals surface area contributed by atoms with Gasteiger partial charge in [0.05, 0.1) is 6.42 Å². The maximum absolute atomic E-state index is 11.6. The predicted octanol–water partition coefficient (Wildman–Crippen LogP) is 0.791. The minimum absolute atomic E-state index is 0.0525. The third-order valence-electron chi connectivity index (χ3n) is 2.49. The second kappa shape index (κ2) is 6.33. The molecule has 102 valence electrons. The number of carbonyl (C=O) groups excluding carboxylic acids is 2. The van der Waals surface area contributed by atoms with E-state index in [9.17, 15) is 14.7 Å². The van der Waals surface area contributed by atoms with E-state index in [2.05, 4.69) is 15.8 Å². The van der Waals surface area contributed by atoms with Gasteiger partial charge < -0.3 is 5.11 Å². The maximum atomic E-state index is 11.6. The van der Waals surface area contributed by atoms with Crippen molar-refractivity contribution in [2.24, 2.45) is 0 Å². The van der Waals surface area contributed by atoms with Crippen molar-refractivity contribution in [3.63, 3.8) is 0 Å². The Morgan fingerprint density at radius 3 is 2.65 bits per heavy atom. The Morgan fingerprint density at radius 2 is 1.95 bits per heavy atom. The molecule has 1 heterocycles. The fraction of sp³-hybridized carbons (Fsp3) is 0.0714. The number of carbonyl (C=O) groups is 2. The van der Waals surface area contributed by atoms with Crippen molar-refractivity contribution in [1.29, 1.82) is 0 Å². The van der Waals surface area contributed by atoms with Crippen molar-refractivity contribution in [1.82, 2.24) is 15.8 Å². The second-order valence-electron chi connectivity index (χ2n) is 4.06. The number of phenols is 1. The van der Waals surface area contributed by atoms with Crippen LogP contribution in [0, 0.1) is 0 Å². The summed E-state index contributed by atoms with van der Waals surface area (Å²) < 4.78 is 0. The van der Waals surface area contributed by atoms with Gasteiger partial charge in [-0.3, -0.25) is 25.4 Å². The number of pyridine rings is 1. The quantitative estimate of drug-likeness (QED) is 0.720. The van der Waals surface area contributed by atoms with Crippen molar-refractivity contribution in [2.45, 2.75) is 6.42 Å². The highest BCUT2D eigenvalue weighted by Crippen LogP contribution is 2.10. The van der Waals surface area contributed by atoms with Gasteiger partial charge in [-0.15, -0.1) is 0 Å². The molecule has 0 saturated carbocycles. The number of rotatable bonds is 3. The molecule has 2 aromatic rings. The zero-order valence-electron chi connectivity index (χ0n) is 10.5. The molecule has 1 aromatic carbocycles. The molecule has 0 aliphatic carbocycles. The van der Waals surface area contributed by atoms with Crippen LogP contribution in [0.3, 0.4) is 0 Å². The molecule has 6 heteroatoms. The molecule has 3 N–H and O–H groups in total. The van der Waals surface area contributed by atoms with Gasteiger partial charge >= 0.3 is 0 Å². The summed E-state index contributed by atoms with van der Waals surface area (Å²) in [4.78, 5) is 27.1. The molecular weight excluding hydrogens is 258 g/mol. The third kappa shape index (κ3) is 3.81. The average Bonchev–Trinajstić information content (AvgIpc) is 2.46. The molecule has 20 heavy (non-hydrogen) atoms. The number of nitrogens with zero attached hydrogens (tertiary/aromatic N) is 1. The lowest BCUT2D eigenvalue weighted by Crippen LogP contribution is -2.42. The van der Waals surface area contributed by atoms with Crippen LogP contribution in [0.25, 0.3) is 0 Å². The maximum Gasteiger partial charge on any atom is 0.288 e. The molecule has 0 saturated heterocycles. The number of hydrogen-bond acceptors (Lipinski definition) is 4. The van der Waals surface area contributed by atoms with Crippen LogP contribution in [0.1, 0.15) is 16.1 Å². The van der Waals surface area contributed by atoms with Crippen LogP contribution in [-0.2, 0) is 11.2 Å². The van der Waals surface area contributed by atoms with Crippen molar-refractivity contribution in [3.05, 3.63) is 59.9 Å². The molecule has 0 aliphatic heterocycles. The molecule has 0 bridgehead atoms. The van der Waals surface area contributed by atoms with Crippen LogP contribution in [-0.4, -0.2) is 21.9 Å². The SMILES string of the molecule is O=C(Cc1cccc(O)c1)NNC(=O)c1ccccn1. The topological polar surface area (TPSA) is 91.3 Å². The van der Waals surface area contributed by atoms with Gasteiger partial charge in [0.1, 0.15) is 11.4 Å². The highest BCUT2D eigenvalue weighted by atomic mass is 16.3. The molecule has 0 spiro atoms. The summed E-state index contributed by atoms with van der Waals surface area (Å²) in [7, 11) is 0. The van der Waals surface area contributed by atoms with E-state index in [-0.39, 0.29) is 23.8 Å². The van der Waals surface area contributed by atoms with Gasteiger partial charge in [0.15, 0.2) is 0 Å². The fourth-order valence-electron chi connectivity index (χ4n) is 1.58. The van der Waals surface area contributed by atoms with Gasteiger partial charge in [0, 0.05) is 6.20 Å². The number of benzene rings is 1. The normalized spacial score (nSPS) is 9.80. The lowest BCUT2D eigenvalue weighted by molar-refractivity contribution is -0.121. The van der Waals surface area contributed by atoms with E-state index in [4.69, 9.17) is 0 Å². The minimum Gasteiger partial charge on any atom is -0.508 e. The van der Waals surface area contributed by atoms with Crippen LogP contribution in [0.4, 0.5) is 0 Å². The number of aromatic hydroxyl groups is 1. The highest BCUT2D eigenvalue weighted by molar-refractivity contribution is 5.93. The first kappa shape index (κ1) is 13.5. The first-order chi connectivity index (χ1) is 9.65. The molecule has 0 unspecified atom stereocenters. The predicted molar refractivity (Wildman–Crippen MR) is 71.7 cm³/mol. The summed E-state index contributed by atoms with van der Waals surface area (Å²) >= 11 is 0. The minimum atomic E-state index is -0.491. The van der Waals surface area contributed by atoms with E-state index in [1.165, 1.54) is 24.4 Å². The lowest BCUT2D eigenvalue weighted by atomic mass is 10.1. The molecule has 0 aliphatic rings. The van der Waals surface area contributed by atoms with Gasteiger partial charge in [-0.25, -0.2) is 0 Å². The van der Waals surface area contributed by atoms with Crippen molar-refractivity contribution >= 4 is 11.8 Å². The zero-order valence-corrected chi connectivity index (χ0v) is 10.5. The number of phenolic OH excluding ortho intramolecular Hbond substituents is 1. The molecule has 2 amide bonds. The molecule has 6 nitrogen and oxygen atoms in total. The Labute approximate surface area is 115 Å². The summed E-state index contributed by atoms with van der Waals surface area (Å²) in [5.41, 5.74) is 5.42. The van der Waals surface area contributed by atoms with E-state index in [1.807, 2.05) is 0 Å². The van der Waals surface area contributed by atoms with E-state index >= 15 is 0 Å². The van der Waals surface area contributed by atoms with Crippen LogP contribution in [0.5, 0.6) is 5.75 Å². The zero-order chi connectivity index (χ0) is 14.4. The molecular formula is C14H13N3O3. The lowest BCUT2D eigenvalue weighted by Gasteiger charge is -2.07. The fourth-order valence-corrected chi connectivity index (χ4v) is 1.58. The number of amides is 2. The van der Waals surface area contributed by atoms with E-state index in [1.54, 1.807) is 24.3 Å². The van der Waals surface area contributed by atoms with Crippen molar-refractivity contribution in [2.75, 3.05) is 0 Å².